The van der Waals surface area contributed by atoms with E-state index in [4.69, 9.17) is 10.4 Å². The SMILES string of the molecule is CC1CC(C#N)(C(=O)NCc2ccc(S(N)(=O)=O)cc2)C1. The largest absolute Gasteiger partial charge is 0.351 e. The summed E-state index contributed by atoms with van der Waals surface area (Å²) >= 11 is 0. The molecule has 0 bridgehead atoms. The van der Waals surface area contributed by atoms with E-state index in [-0.39, 0.29) is 17.3 Å². The van der Waals surface area contributed by atoms with Crippen molar-refractivity contribution in [2.75, 3.05) is 0 Å². The standard InChI is InChI=1S/C14H17N3O3S/c1-10-6-14(7-10,9-15)13(18)17-8-11-2-4-12(5-3-11)21(16,19)20/h2-5,10H,6-8H2,1H3,(H,17,18)(H2,16,19,20). The van der Waals surface area contributed by atoms with Gasteiger partial charge in [-0.2, -0.15) is 5.26 Å². The van der Waals surface area contributed by atoms with Gasteiger partial charge in [-0.3, -0.25) is 4.79 Å². The van der Waals surface area contributed by atoms with E-state index >= 15 is 0 Å². The molecule has 21 heavy (non-hydrogen) atoms. The molecule has 112 valence electrons. The maximum Gasteiger partial charge on any atom is 0.240 e. The fraction of sp³-hybridized carbons (Fsp3) is 0.429. The Labute approximate surface area is 124 Å². The van der Waals surface area contributed by atoms with Crippen LogP contribution in [0.3, 0.4) is 0 Å². The van der Waals surface area contributed by atoms with Gasteiger partial charge in [0.2, 0.25) is 15.9 Å². The van der Waals surface area contributed by atoms with Gasteiger partial charge in [-0.25, -0.2) is 13.6 Å². The van der Waals surface area contributed by atoms with E-state index in [1.165, 1.54) is 12.1 Å². The van der Waals surface area contributed by atoms with Gasteiger partial charge < -0.3 is 5.32 Å². The molecule has 0 radical (unpaired) electrons. The number of benzene rings is 1. The number of hydrogen-bond acceptors (Lipinski definition) is 4. The van der Waals surface area contributed by atoms with E-state index in [1.54, 1.807) is 12.1 Å². The van der Waals surface area contributed by atoms with Crippen molar-refractivity contribution in [1.82, 2.24) is 5.32 Å². The van der Waals surface area contributed by atoms with Gasteiger partial charge in [-0.1, -0.05) is 19.1 Å². The van der Waals surface area contributed by atoms with Crippen LogP contribution in [0.1, 0.15) is 25.3 Å². The first-order valence-electron chi connectivity index (χ1n) is 6.58. The Hall–Kier alpha value is -1.91. The molecule has 1 aliphatic rings. The predicted molar refractivity (Wildman–Crippen MR) is 76.1 cm³/mol. The molecule has 0 aliphatic heterocycles. The maximum absolute atomic E-state index is 12.1. The van der Waals surface area contributed by atoms with E-state index in [9.17, 15) is 13.2 Å². The highest BCUT2D eigenvalue weighted by Gasteiger charge is 2.48. The van der Waals surface area contributed by atoms with Crippen LogP contribution in [0.4, 0.5) is 0 Å². The van der Waals surface area contributed by atoms with E-state index in [2.05, 4.69) is 11.4 Å². The van der Waals surface area contributed by atoms with E-state index in [1.807, 2.05) is 6.92 Å². The van der Waals surface area contributed by atoms with Gasteiger partial charge in [0.05, 0.1) is 11.0 Å². The fourth-order valence-corrected chi connectivity index (χ4v) is 3.12. The lowest BCUT2D eigenvalue weighted by Crippen LogP contribution is -2.47. The van der Waals surface area contributed by atoms with Gasteiger partial charge in [0.25, 0.3) is 0 Å². The smallest absolute Gasteiger partial charge is 0.240 e. The van der Waals surface area contributed by atoms with Crippen LogP contribution in [-0.4, -0.2) is 14.3 Å². The summed E-state index contributed by atoms with van der Waals surface area (Å²) in [6.45, 7) is 2.26. The van der Waals surface area contributed by atoms with Gasteiger partial charge in [0, 0.05) is 6.54 Å². The summed E-state index contributed by atoms with van der Waals surface area (Å²) in [5.41, 5.74) is -0.156. The Morgan fingerprint density at radius 2 is 2.00 bits per heavy atom. The molecule has 1 aromatic rings. The maximum atomic E-state index is 12.1. The number of primary sulfonamides is 1. The molecule has 1 amide bonds. The summed E-state index contributed by atoms with van der Waals surface area (Å²) < 4.78 is 22.3. The van der Waals surface area contributed by atoms with E-state index in [0.29, 0.717) is 18.8 Å². The second-order valence-electron chi connectivity index (χ2n) is 5.58. The average molecular weight is 307 g/mol. The molecule has 1 saturated carbocycles. The number of nitrogens with two attached hydrogens (primary N) is 1. The highest BCUT2D eigenvalue weighted by Crippen LogP contribution is 2.45. The number of carbonyl (C=O) groups is 1. The molecule has 1 fully saturated rings. The lowest BCUT2D eigenvalue weighted by molar-refractivity contribution is -0.134. The van der Waals surface area contributed by atoms with Gasteiger partial charge in [-0.05, 0) is 36.5 Å². The Bertz CT molecular complexity index is 683. The van der Waals surface area contributed by atoms with Crippen LogP contribution in [0.2, 0.25) is 0 Å². The third-order valence-corrected chi connectivity index (χ3v) is 4.68. The zero-order valence-corrected chi connectivity index (χ0v) is 12.5. The van der Waals surface area contributed by atoms with Crippen molar-refractivity contribution >= 4 is 15.9 Å². The number of nitrogens with one attached hydrogen (secondary N) is 1. The molecule has 7 heteroatoms. The second-order valence-corrected chi connectivity index (χ2v) is 7.14. The van der Waals surface area contributed by atoms with Crippen molar-refractivity contribution in [3.05, 3.63) is 29.8 Å². The van der Waals surface area contributed by atoms with Crippen LogP contribution >= 0.6 is 0 Å². The highest BCUT2D eigenvalue weighted by molar-refractivity contribution is 7.89. The molecule has 1 aliphatic carbocycles. The number of amides is 1. The Morgan fingerprint density at radius 3 is 2.43 bits per heavy atom. The van der Waals surface area contributed by atoms with E-state index in [0.717, 1.165) is 5.56 Å². The minimum Gasteiger partial charge on any atom is -0.351 e. The first-order valence-corrected chi connectivity index (χ1v) is 8.13. The molecule has 0 heterocycles. The molecule has 0 spiro atoms. The summed E-state index contributed by atoms with van der Waals surface area (Å²) in [6, 6.07) is 8.06. The van der Waals surface area contributed by atoms with Gasteiger partial charge >= 0.3 is 0 Å². The fourth-order valence-electron chi connectivity index (χ4n) is 2.61. The van der Waals surface area contributed by atoms with E-state index < -0.39 is 15.4 Å². The number of nitriles is 1. The van der Waals surface area contributed by atoms with Crippen molar-refractivity contribution in [3.8, 4) is 6.07 Å². The minimum absolute atomic E-state index is 0.0267. The molecule has 6 nitrogen and oxygen atoms in total. The Balaban J connectivity index is 1.98. The van der Waals surface area contributed by atoms with Gasteiger partial charge in [0.15, 0.2) is 0 Å². The minimum atomic E-state index is -3.71. The zero-order valence-electron chi connectivity index (χ0n) is 11.7. The third kappa shape index (κ3) is 3.23. The quantitative estimate of drug-likeness (QED) is 0.859. The molecular weight excluding hydrogens is 290 g/mol. The van der Waals surface area contributed by atoms with Gasteiger partial charge in [-0.15, -0.1) is 0 Å². The summed E-state index contributed by atoms with van der Waals surface area (Å²) in [4.78, 5) is 12.1. The summed E-state index contributed by atoms with van der Waals surface area (Å²) in [7, 11) is -3.71. The lowest BCUT2D eigenvalue weighted by atomic mass is 9.63. The molecule has 0 aromatic heterocycles. The first-order chi connectivity index (χ1) is 9.77. The lowest BCUT2D eigenvalue weighted by Gasteiger charge is -2.39. The van der Waals surface area contributed by atoms with Crippen molar-refractivity contribution in [3.63, 3.8) is 0 Å². The third-order valence-electron chi connectivity index (χ3n) is 3.75. The van der Waals surface area contributed by atoms with Crippen molar-refractivity contribution < 1.29 is 13.2 Å². The predicted octanol–water partition coefficient (Wildman–Crippen LogP) is 0.890. The molecule has 0 unspecified atom stereocenters. The number of rotatable bonds is 4. The molecule has 0 saturated heterocycles. The number of carbonyl (C=O) groups excluding carboxylic acids is 1. The average Bonchev–Trinajstić information content (AvgIpc) is 2.40. The van der Waals surface area contributed by atoms with Crippen LogP contribution in [0.25, 0.3) is 0 Å². The van der Waals surface area contributed by atoms with Crippen molar-refractivity contribution in [2.45, 2.75) is 31.2 Å². The zero-order chi connectivity index (χ0) is 15.7. The summed E-state index contributed by atoms with van der Waals surface area (Å²) in [6.07, 6.45) is 1.17. The number of hydrogen-bond donors (Lipinski definition) is 2. The topological polar surface area (TPSA) is 113 Å². The summed E-state index contributed by atoms with van der Waals surface area (Å²) in [5.74, 6) is 0.128. The molecule has 3 N–H and O–H groups in total. The molecular formula is C14H17N3O3S. The Kier molecular flexibility index (Phi) is 4.03. The monoisotopic (exact) mass is 307 g/mol. The first kappa shape index (κ1) is 15.5. The number of nitrogens with zero attached hydrogens (tertiary/aromatic N) is 1. The van der Waals surface area contributed by atoms with Crippen LogP contribution < -0.4 is 10.5 Å². The molecule has 2 rings (SSSR count). The van der Waals surface area contributed by atoms with Crippen LogP contribution in [-0.2, 0) is 21.4 Å². The number of sulfonamides is 1. The highest BCUT2D eigenvalue weighted by atomic mass is 32.2. The molecule has 1 aromatic carbocycles. The van der Waals surface area contributed by atoms with Crippen LogP contribution in [0.15, 0.2) is 29.2 Å². The summed E-state index contributed by atoms with van der Waals surface area (Å²) in [5, 5.41) is 16.9. The molecule has 0 atom stereocenters. The van der Waals surface area contributed by atoms with Crippen molar-refractivity contribution in [1.29, 1.82) is 5.26 Å². The second kappa shape index (κ2) is 5.47. The van der Waals surface area contributed by atoms with Crippen molar-refractivity contribution in [2.24, 2.45) is 16.5 Å². The van der Waals surface area contributed by atoms with Crippen LogP contribution in [0.5, 0.6) is 0 Å². The normalized spacial score (nSPS) is 24.7. The van der Waals surface area contributed by atoms with Crippen LogP contribution in [0, 0.1) is 22.7 Å². The Morgan fingerprint density at radius 1 is 1.43 bits per heavy atom. The van der Waals surface area contributed by atoms with Gasteiger partial charge in [0.1, 0.15) is 5.41 Å².